The highest BCUT2D eigenvalue weighted by molar-refractivity contribution is 14.0. The number of guanidine groups is 1. The van der Waals surface area contributed by atoms with Crippen LogP contribution < -0.4 is 10.6 Å². The average molecular weight is 492 g/mol. The van der Waals surface area contributed by atoms with Gasteiger partial charge in [-0.1, -0.05) is 30.3 Å². The lowest BCUT2D eigenvalue weighted by molar-refractivity contribution is 0.598. The van der Waals surface area contributed by atoms with E-state index in [0.717, 1.165) is 44.3 Å². The van der Waals surface area contributed by atoms with Gasteiger partial charge in [0.25, 0.3) is 0 Å². The van der Waals surface area contributed by atoms with E-state index in [1.165, 1.54) is 5.56 Å². The highest BCUT2D eigenvalue weighted by Crippen LogP contribution is 2.05. The van der Waals surface area contributed by atoms with E-state index in [2.05, 4.69) is 72.5 Å². The van der Waals surface area contributed by atoms with Crippen molar-refractivity contribution in [1.82, 2.24) is 24.8 Å². The van der Waals surface area contributed by atoms with Gasteiger partial charge in [-0.3, -0.25) is 4.99 Å². The third-order valence-electron chi connectivity index (χ3n) is 4.48. The zero-order chi connectivity index (χ0) is 18.7. The highest BCUT2D eigenvalue weighted by atomic mass is 127. The molecule has 0 saturated heterocycles. The second-order valence-corrected chi connectivity index (χ2v) is 6.40. The number of aliphatic imine (C=N–C) groups is 1. The minimum atomic E-state index is 0. The number of rotatable bonds is 9. The van der Waals surface area contributed by atoms with Crippen LogP contribution in [0.2, 0.25) is 0 Å². The van der Waals surface area contributed by atoms with Gasteiger partial charge < -0.3 is 19.8 Å². The maximum absolute atomic E-state index is 4.48. The first kappa shape index (κ1) is 22.0. The fourth-order valence-electron chi connectivity index (χ4n) is 3.02. The molecule has 0 aliphatic rings. The molecule has 0 fully saturated rings. The molecule has 0 aliphatic carbocycles. The monoisotopic (exact) mass is 492 g/mol. The number of aryl methyl sites for hydroxylation is 2. The third kappa shape index (κ3) is 7.03. The minimum absolute atomic E-state index is 0. The van der Waals surface area contributed by atoms with Gasteiger partial charge in [-0.25, -0.2) is 4.98 Å². The Kier molecular flexibility index (Phi) is 9.61. The Morgan fingerprint density at radius 3 is 2.54 bits per heavy atom. The Bertz CT molecular complexity index is 811. The predicted octanol–water partition coefficient (Wildman–Crippen LogP) is 3.30. The molecule has 6 nitrogen and oxygen atoms in total. The molecule has 0 unspecified atom stereocenters. The zero-order valence-electron chi connectivity index (χ0n) is 16.3. The van der Waals surface area contributed by atoms with Crippen LogP contribution in [0.15, 0.2) is 72.2 Å². The Morgan fingerprint density at radius 2 is 1.79 bits per heavy atom. The van der Waals surface area contributed by atoms with Gasteiger partial charge in [0, 0.05) is 51.5 Å². The van der Waals surface area contributed by atoms with Crippen molar-refractivity contribution in [2.45, 2.75) is 32.5 Å². The number of nitrogens with one attached hydrogen (secondary N) is 2. The quantitative estimate of drug-likeness (QED) is 0.274. The number of hydrogen-bond donors (Lipinski definition) is 2. The number of benzene rings is 1. The lowest BCUT2D eigenvalue weighted by Crippen LogP contribution is -2.38. The summed E-state index contributed by atoms with van der Waals surface area (Å²) < 4.78 is 4.35. The van der Waals surface area contributed by atoms with Crippen molar-refractivity contribution in [3.05, 3.63) is 78.6 Å². The van der Waals surface area contributed by atoms with E-state index in [-0.39, 0.29) is 24.0 Å². The molecule has 0 saturated carbocycles. The van der Waals surface area contributed by atoms with Crippen LogP contribution in [0, 0.1) is 0 Å². The topological polar surface area (TPSA) is 59.2 Å². The molecule has 0 atom stereocenters. The third-order valence-corrected chi connectivity index (χ3v) is 4.48. The molecule has 0 bridgehead atoms. The Labute approximate surface area is 184 Å². The van der Waals surface area contributed by atoms with E-state index < -0.39 is 0 Å². The van der Waals surface area contributed by atoms with Crippen molar-refractivity contribution in [2.75, 3.05) is 13.6 Å². The van der Waals surface area contributed by atoms with Crippen molar-refractivity contribution in [3.63, 3.8) is 0 Å². The fourth-order valence-corrected chi connectivity index (χ4v) is 3.02. The first-order valence-corrected chi connectivity index (χ1v) is 9.44. The summed E-state index contributed by atoms with van der Waals surface area (Å²) in [7, 11) is 1.79. The standard InChI is InChI=1S/C21H28N6.HI/c1-22-21(24-11-16-26-13-5-6-14-26)25-18-20-23-12-17-27(20)15-7-10-19-8-3-2-4-9-19;/h2-6,8-9,12-14,17H,7,10-11,15-16,18H2,1H3,(H2,22,24,25);1H. The van der Waals surface area contributed by atoms with Crippen LogP contribution in [-0.4, -0.2) is 33.7 Å². The SMILES string of the molecule is CN=C(NCCn1cccc1)NCc1nccn1CCCc1ccccc1.I. The van der Waals surface area contributed by atoms with Crippen LogP contribution in [0.4, 0.5) is 0 Å². The van der Waals surface area contributed by atoms with Crippen molar-refractivity contribution < 1.29 is 0 Å². The molecule has 1 aromatic carbocycles. The minimum Gasteiger partial charge on any atom is -0.355 e. The summed E-state index contributed by atoms with van der Waals surface area (Å²) >= 11 is 0. The lowest BCUT2D eigenvalue weighted by atomic mass is 10.1. The lowest BCUT2D eigenvalue weighted by Gasteiger charge is -2.13. The summed E-state index contributed by atoms with van der Waals surface area (Å²) in [5.41, 5.74) is 1.38. The molecular weight excluding hydrogens is 463 g/mol. The van der Waals surface area contributed by atoms with Gasteiger partial charge in [0.1, 0.15) is 5.82 Å². The van der Waals surface area contributed by atoms with Crippen molar-refractivity contribution in [2.24, 2.45) is 4.99 Å². The second-order valence-electron chi connectivity index (χ2n) is 6.40. The number of hydrogen-bond acceptors (Lipinski definition) is 2. The van der Waals surface area contributed by atoms with Crippen molar-refractivity contribution in [3.8, 4) is 0 Å². The molecule has 0 spiro atoms. The first-order chi connectivity index (χ1) is 13.3. The van der Waals surface area contributed by atoms with E-state index in [4.69, 9.17) is 0 Å². The van der Waals surface area contributed by atoms with Gasteiger partial charge in [-0.2, -0.15) is 0 Å². The van der Waals surface area contributed by atoms with Gasteiger partial charge in [0.2, 0.25) is 0 Å². The summed E-state index contributed by atoms with van der Waals surface area (Å²) in [4.78, 5) is 8.77. The normalized spacial score (nSPS) is 11.1. The van der Waals surface area contributed by atoms with Crippen molar-refractivity contribution >= 4 is 29.9 Å². The number of halogens is 1. The molecule has 0 amide bonds. The highest BCUT2D eigenvalue weighted by Gasteiger charge is 2.04. The molecule has 2 N–H and O–H groups in total. The van der Waals surface area contributed by atoms with Crippen LogP contribution in [0.3, 0.4) is 0 Å². The van der Waals surface area contributed by atoms with Gasteiger partial charge >= 0.3 is 0 Å². The second kappa shape index (κ2) is 12.2. The summed E-state index contributed by atoms with van der Waals surface area (Å²) in [6.45, 7) is 3.34. The maximum Gasteiger partial charge on any atom is 0.191 e. The largest absolute Gasteiger partial charge is 0.355 e. The van der Waals surface area contributed by atoms with Gasteiger partial charge in [-0.05, 0) is 30.5 Å². The summed E-state index contributed by atoms with van der Waals surface area (Å²) in [5.74, 6) is 1.82. The predicted molar refractivity (Wildman–Crippen MR) is 125 cm³/mol. The van der Waals surface area contributed by atoms with Gasteiger partial charge in [0.05, 0.1) is 6.54 Å². The molecular formula is C21H29IN6. The zero-order valence-corrected chi connectivity index (χ0v) is 18.6. The van der Waals surface area contributed by atoms with E-state index in [1.807, 2.05) is 24.5 Å². The maximum atomic E-state index is 4.48. The van der Waals surface area contributed by atoms with Crippen LogP contribution in [0.5, 0.6) is 0 Å². The van der Waals surface area contributed by atoms with E-state index in [1.54, 1.807) is 7.05 Å². The average Bonchev–Trinajstić information content (AvgIpc) is 3.37. The molecule has 3 rings (SSSR count). The Hall–Kier alpha value is -2.29. The molecule has 7 heteroatoms. The van der Waals surface area contributed by atoms with Crippen LogP contribution in [0.25, 0.3) is 0 Å². The molecule has 2 aromatic heterocycles. The summed E-state index contributed by atoms with van der Waals surface area (Å²) in [6.07, 6.45) is 10.2. The van der Waals surface area contributed by atoms with Gasteiger partial charge in [0.15, 0.2) is 5.96 Å². The van der Waals surface area contributed by atoms with Gasteiger partial charge in [-0.15, -0.1) is 24.0 Å². The van der Waals surface area contributed by atoms with E-state index in [0.29, 0.717) is 6.54 Å². The fraction of sp³-hybridized carbons (Fsp3) is 0.333. The summed E-state index contributed by atoms with van der Waals surface area (Å²) in [5, 5.41) is 6.68. The molecule has 0 radical (unpaired) electrons. The number of nitrogens with zero attached hydrogens (tertiary/aromatic N) is 4. The first-order valence-electron chi connectivity index (χ1n) is 9.44. The molecule has 28 heavy (non-hydrogen) atoms. The summed E-state index contributed by atoms with van der Waals surface area (Å²) in [6, 6.07) is 14.7. The molecule has 150 valence electrons. The van der Waals surface area contributed by atoms with E-state index >= 15 is 0 Å². The molecule has 3 aromatic rings. The van der Waals surface area contributed by atoms with Crippen molar-refractivity contribution in [1.29, 1.82) is 0 Å². The Balaban J connectivity index is 0.00000280. The Morgan fingerprint density at radius 1 is 1.00 bits per heavy atom. The number of aromatic nitrogens is 3. The van der Waals surface area contributed by atoms with Crippen LogP contribution in [0.1, 0.15) is 17.8 Å². The van der Waals surface area contributed by atoms with Crippen LogP contribution in [-0.2, 0) is 26.1 Å². The molecule has 0 aliphatic heterocycles. The molecule has 2 heterocycles. The van der Waals surface area contributed by atoms with E-state index in [9.17, 15) is 0 Å². The number of imidazole rings is 1. The van der Waals surface area contributed by atoms with Crippen LogP contribution >= 0.6 is 24.0 Å². The smallest absolute Gasteiger partial charge is 0.191 e.